The van der Waals surface area contributed by atoms with Gasteiger partial charge in [0.05, 0.1) is 23.6 Å². The number of amidine groups is 1. The largest absolute Gasteiger partial charge is 0.452 e. The van der Waals surface area contributed by atoms with Crippen LogP contribution < -0.4 is 5.73 Å². The van der Waals surface area contributed by atoms with E-state index in [0.29, 0.717) is 0 Å². The van der Waals surface area contributed by atoms with Crippen LogP contribution in [-0.2, 0) is 15.0 Å². The van der Waals surface area contributed by atoms with Crippen molar-refractivity contribution in [3.8, 4) is 0 Å². The molecule has 2 aliphatic heterocycles. The molecule has 0 spiro atoms. The maximum atomic E-state index is 14.4. The first-order valence-electron chi connectivity index (χ1n) is 7.21. The van der Waals surface area contributed by atoms with Crippen LogP contribution in [0, 0.1) is 21.8 Å². The second-order valence-corrected chi connectivity index (χ2v) is 5.92. The van der Waals surface area contributed by atoms with Crippen molar-refractivity contribution in [2.45, 2.75) is 30.8 Å². The molecular formula is C14H13F4N3O4. The first-order valence-corrected chi connectivity index (χ1v) is 7.21. The Labute approximate surface area is 138 Å². The molecular weight excluding hydrogens is 350 g/mol. The van der Waals surface area contributed by atoms with Crippen LogP contribution in [0.4, 0.5) is 23.2 Å². The molecule has 11 heteroatoms. The number of non-ortho nitro benzene ring substituents is 1. The number of benzene rings is 1. The monoisotopic (exact) mass is 363 g/mol. The molecule has 1 aromatic rings. The van der Waals surface area contributed by atoms with Crippen LogP contribution in [-0.4, -0.2) is 35.9 Å². The molecule has 0 radical (unpaired) electrons. The van der Waals surface area contributed by atoms with E-state index in [1.807, 2.05) is 0 Å². The Kier molecular flexibility index (Phi) is 3.86. The maximum absolute atomic E-state index is 14.4. The fraction of sp³-hybridized carbons (Fsp3) is 0.500. The molecule has 0 saturated carbocycles. The summed E-state index contributed by atoms with van der Waals surface area (Å²) in [7, 11) is 0. The van der Waals surface area contributed by atoms with Gasteiger partial charge in [0.25, 0.3) is 11.7 Å². The van der Waals surface area contributed by atoms with Crippen LogP contribution in [0.15, 0.2) is 23.2 Å². The van der Waals surface area contributed by atoms with Gasteiger partial charge in [0.15, 0.2) is 0 Å². The van der Waals surface area contributed by atoms with Crippen molar-refractivity contribution in [2.75, 3.05) is 6.61 Å². The Bertz CT molecular complexity index is 754. The molecule has 0 amide bonds. The van der Waals surface area contributed by atoms with Crippen LogP contribution in [0.3, 0.4) is 0 Å². The number of hydrogen-bond donors (Lipinski definition) is 1. The second kappa shape index (κ2) is 5.55. The number of nitrogens with zero attached hydrogens (tertiary/aromatic N) is 2. The van der Waals surface area contributed by atoms with Crippen LogP contribution in [0.25, 0.3) is 0 Å². The van der Waals surface area contributed by atoms with E-state index in [1.54, 1.807) is 0 Å². The first-order chi connectivity index (χ1) is 11.6. The molecule has 0 aliphatic carbocycles. The number of aliphatic imine (C=N–C) groups is 1. The molecule has 1 aromatic carbocycles. The van der Waals surface area contributed by atoms with Gasteiger partial charge in [0.2, 0.25) is 6.10 Å². The highest BCUT2D eigenvalue weighted by Gasteiger charge is 2.64. The number of nitro groups is 1. The van der Waals surface area contributed by atoms with Crippen molar-refractivity contribution < 1.29 is 32.0 Å². The van der Waals surface area contributed by atoms with Gasteiger partial charge >= 0.3 is 6.18 Å². The zero-order valence-electron chi connectivity index (χ0n) is 12.8. The summed E-state index contributed by atoms with van der Waals surface area (Å²) in [5, 5.41) is 11.0. The molecule has 7 nitrogen and oxygen atoms in total. The van der Waals surface area contributed by atoms with Crippen molar-refractivity contribution >= 4 is 11.7 Å². The molecule has 2 aliphatic rings. The van der Waals surface area contributed by atoms with E-state index in [9.17, 15) is 27.7 Å². The van der Waals surface area contributed by atoms with Gasteiger partial charge in [-0.25, -0.2) is 9.38 Å². The minimum atomic E-state index is -4.81. The summed E-state index contributed by atoms with van der Waals surface area (Å²) in [6.45, 7) is 0.967. The van der Waals surface area contributed by atoms with Gasteiger partial charge in [0, 0.05) is 17.7 Å². The lowest BCUT2D eigenvalue weighted by Crippen LogP contribution is -2.55. The van der Waals surface area contributed by atoms with E-state index in [4.69, 9.17) is 10.5 Å². The summed E-state index contributed by atoms with van der Waals surface area (Å²) in [4.78, 5) is 14.1. The Balaban J connectivity index is 2.23. The zero-order valence-corrected chi connectivity index (χ0v) is 12.8. The third kappa shape index (κ3) is 2.68. The first kappa shape index (κ1) is 17.4. The highest BCUT2D eigenvalue weighted by Crippen LogP contribution is 2.51. The predicted octanol–water partition coefficient (Wildman–Crippen LogP) is 2.24. The number of hydrogen-bond acceptors (Lipinski definition) is 6. The number of nitro benzene ring substituents is 1. The summed E-state index contributed by atoms with van der Waals surface area (Å²) in [5.41, 5.74) is 2.69. The second-order valence-electron chi connectivity index (χ2n) is 5.92. The van der Waals surface area contributed by atoms with Gasteiger partial charge in [-0.1, -0.05) is 0 Å². The van der Waals surface area contributed by atoms with Gasteiger partial charge in [0.1, 0.15) is 11.4 Å². The molecule has 1 fully saturated rings. The molecule has 0 bridgehead atoms. The molecule has 1 saturated heterocycles. The van der Waals surface area contributed by atoms with Crippen LogP contribution >= 0.6 is 0 Å². The predicted molar refractivity (Wildman–Crippen MR) is 76.2 cm³/mol. The van der Waals surface area contributed by atoms with Gasteiger partial charge in [-0.15, -0.1) is 0 Å². The number of nitrogens with two attached hydrogens (primary N) is 1. The Morgan fingerprint density at radius 2 is 2.12 bits per heavy atom. The van der Waals surface area contributed by atoms with E-state index < -0.39 is 58.9 Å². The number of fused-ring (bicyclic) bond motifs is 1. The average Bonchev–Trinajstić information content (AvgIpc) is 2.83. The van der Waals surface area contributed by atoms with Gasteiger partial charge in [-0.3, -0.25) is 10.1 Å². The lowest BCUT2D eigenvalue weighted by Gasteiger charge is -2.41. The lowest BCUT2D eigenvalue weighted by molar-refractivity contribution is -0.385. The average molecular weight is 363 g/mol. The summed E-state index contributed by atoms with van der Waals surface area (Å²) in [6.07, 6.45) is -8.17. The van der Waals surface area contributed by atoms with Gasteiger partial charge in [-0.2, -0.15) is 13.2 Å². The normalized spacial score (nSPS) is 31.9. The Morgan fingerprint density at radius 3 is 2.72 bits per heavy atom. The van der Waals surface area contributed by atoms with Gasteiger partial charge in [-0.05, 0) is 13.0 Å². The smallest absolute Gasteiger partial charge is 0.426 e. The fourth-order valence-electron chi connectivity index (χ4n) is 3.42. The number of rotatable bonds is 2. The van der Waals surface area contributed by atoms with Crippen molar-refractivity contribution in [3.05, 3.63) is 39.7 Å². The zero-order chi connectivity index (χ0) is 18.6. The van der Waals surface area contributed by atoms with Crippen LogP contribution in [0.1, 0.15) is 12.5 Å². The minimum absolute atomic E-state index is 0.378. The summed E-state index contributed by atoms with van der Waals surface area (Å²) >= 11 is 0. The molecule has 3 rings (SSSR count). The number of halogens is 4. The quantitative estimate of drug-likeness (QED) is 0.493. The molecule has 2 heterocycles. The summed E-state index contributed by atoms with van der Waals surface area (Å²) < 4.78 is 64.7. The fourth-order valence-corrected chi connectivity index (χ4v) is 3.42. The maximum Gasteiger partial charge on any atom is 0.426 e. The topological polar surface area (TPSA) is 100.0 Å². The van der Waals surface area contributed by atoms with E-state index >= 15 is 0 Å². The van der Waals surface area contributed by atoms with Crippen molar-refractivity contribution in [1.82, 2.24) is 0 Å². The van der Waals surface area contributed by atoms with Crippen molar-refractivity contribution in [3.63, 3.8) is 0 Å². The third-order valence-electron chi connectivity index (χ3n) is 4.46. The third-order valence-corrected chi connectivity index (χ3v) is 4.46. The van der Waals surface area contributed by atoms with E-state index in [0.717, 1.165) is 18.2 Å². The van der Waals surface area contributed by atoms with E-state index in [1.165, 1.54) is 6.92 Å². The molecule has 4 atom stereocenters. The molecule has 0 aromatic heterocycles. The highest BCUT2D eigenvalue weighted by molar-refractivity contribution is 5.73. The minimum Gasteiger partial charge on any atom is -0.452 e. The Hall–Kier alpha value is -2.43. The van der Waals surface area contributed by atoms with Crippen molar-refractivity contribution in [1.29, 1.82) is 0 Å². The van der Waals surface area contributed by atoms with Crippen LogP contribution in [0.5, 0.6) is 0 Å². The molecule has 136 valence electrons. The SMILES string of the molecule is C[C@H]1OC[C@]2(c3cc([N+](=O)[O-])ccc3F)N=C(N)O[C@H](C(F)(F)F)[C@H]12. The molecule has 2 N–H and O–H groups in total. The highest BCUT2D eigenvalue weighted by atomic mass is 19.4. The Morgan fingerprint density at radius 1 is 1.44 bits per heavy atom. The number of ether oxygens (including phenoxy) is 2. The molecule has 0 unspecified atom stereocenters. The molecule has 25 heavy (non-hydrogen) atoms. The van der Waals surface area contributed by atoms with Gasteiger partial charge < -0.3 is 15.2 Å². The number of alkyl halides is 3. The standard InChI is InChI=1S/C14H13F4N3O4/c1-6-10-11(14(16,17)18)25-12(19)20-13(10,5-24-6)8-4-7(21(22)23)2-3-9(8)15/h2-4,6,10-11H,5H2,1H3,(H2,19,20)/t6-,10+,11+,13-/m1/s1. The van der Waals surface area contributed by atoms with E-state index in [-0.39, 0.29) is 5.56 Å². The van der Waals surface area contributed by atoms with E-state index in [2.05, 4.69) is 9.73 Å². The van der Waals surface area contributed by atoms with Crippen LogP contribution in [0.2, 0.25) is 0 Å². The summed E-state index contributed by atoms with van der Waals surface area (Å²) in [6, 6.07) is 1.81. The lowest BCUT2D eigenvalue weighted by atomic mass is 9.74. The summed E-state index contributed by atoms with van der Waals surface area (Å²) in [5.74, 6) is -2.39. The van der Waals surface area contributed by atoms with Crippen molar-refractivity contribution in [2.24, 2.45) is 16.6 Å².